The smallest absolute Gasteiger partial charge is 0.123 e. The van der Waals surface area contributed by atoms with E-state index >= 15 is 0 Å². The molecule has 4 saturated carbocycles. The zero-order chi connectivity index (χ0) is 23.3. The van der Waals surface area contributed by atoms with Gasteiger partial charge in [-0.15, -0.1) is 6.58 Å². The summed E-state index contributed by atoms with van der Waals surface area (Å²) >= 11 is 0. The molecule has 0 aromatic carbocycles. The highest BCUT2D eigenvalue weighted by Crippen LogP contribution is 2.68. The van der Waals surface area contributed by atoms with Crippen molar-refractivity contribution in [1.29, 1.82) is 0 Å². The molecule has 10 atom stereocenters. The van der Waals surface area contributed by atoms with Gasteiger partial charge in [0.1, 0.15) is 5.60 Å². The van der Waals surface area contributed by atoms with Crippen LogP contribution in [0.1, 0.15) is 105 Å². The Bertz CT molecular complexity index is 675. The number of aliphatic hydroxyl groups is 1. The van der Waals surface area contributed by atoms with Gasteiger partial charge in [-0.25, -0.2) is 4.89 Å². The summed E-state index contributed by atoms with van der Waals surface area (Å²) in [4.78, 5) is 5.00. The first-order valence-electron chi connectivity index (χ1n) is 13.8. The van der Waals surface area contributed by atoms with E-state index in [1.54, 1.807) is 0 Å². The molecule has 0 aromatic heterocycles. The van der Waals surface area contributed by atoms with Gasteiger partial charge in [-0.05, 0) is 123 Å². The molecule has 0 bridgehead atoms. The summed E-state index contributed by atoms with van der Waals surface area (Å²) in [5, 5.41) is 19.9. The summed E-state index contributed by atoms with van der Waals surface area (Å²) in [6.45, 7) is 15.9. The first kappa shape index (κ1) is 24.7. The third-order valence-electron chi connectivity index (χ3n) is 11.9. The second-order valence-electron chi connectivity index (χ2n) is 13.2. The minimum Gasteiger partial charge on any atom is -0.393 e. The van der Waals surface area contributed by atoms with Crippen LogP contribution in [-0.2, 0) is 4.89 Å². The lowest BCUT2D eigenvalue weighted by molar-refractivity contribution is -0.321. The van der Waals surface area contributed by atoms with Crippen molar-refractivity contribution in [2.45, 2.75) is 117 Å². The second kappa shape index (κ2) is 9.00. The van der Waals surface area contributed by atoms with Crippen LogP contribution in [0.3, 0.4) is 0 Å². The zero-order valence-electron chi connectivity index (χ0n) is 21.5. The summed E-state index contributed by atoms with van der Waals surface area (Å²) in [6.07, 6.45) is 15.3. The van der Waals surface area contributed by atoms with Gasteiger partial charge in [-0.2, -0.15) is 0 Å². The fraction of sp³-hybridized carbons (Fsp3) is 0.931. The Hall–Kier alpha value is -0.380. The molecule has 4 aliphatic rings. The van der Waals surface area contributed by atoms with Gasteiger partial charge in [-0.1, -0.05) is 40.7 Å². The molecule has 0 spiro atoms. The molecule has 0 aromatic rings. The average Bonchev–Trinajstić information content (AvgIpc) is 3.12. The minimum atomic E-state index is -0.622. The Morgan fingerprint density at radius 2 is 1.69 bits per heavy atom. The first-order valence-corrected chi connectivity index (χ1v) is 13.8. The van der Waals surface area contributed by atoms with E-state index in [2.05, 4.69) is 41.2 Å². The van der Waals surface area contributed by atoms with Crippen LogP contribution in [0.5, 0.6) is 0 Å². The summed E-state index contributed by atoms with van der Waals surface area (Å²) in [7, 11) is 0. The zero-order valence-corrected chi connectivity index (χ0v) is 21.5. The highest BCUT2D eigenvalue weighted by atomic mass is 17.1. The maximum Gasteiger partial charge on any atom is 0.123 e. The van der Waals surface area contributed by atoms with Crippen LogP contribution >= 0.6 is 0 Å². The Kier molecular flexibility index (Phi) is 6.96. The predicted octanol–water partition coefficient (Wildman–Crippen LogP) is 7.49. The molecular weight excluding hydrogens is 396 g/mol. The highest BCUT2D eigenvalue weighted by molar-refractivity contribution is 5.10. The molecule has 4 rings (SSSR count). The number of hydrogen-bond acceptors (Lipinski definition) is 3. The number of rotatable bonds is 7. The summed E-state index contributed by atoms with van der Waals surface area (Å²) in [6, 6.07) is 0. The number of hydrogen-bond donors (Lipinski definition) is 2. The SMILES string of the molecule is C=CC(CC[C@@H](C)[C@H]1CC[C@H]2[C@@H]3CCC4C[C@@H](O)CC[C@]4(C)[C@H]3CC[C@]12C)(OO)C(C)C. The van der Waals surface area contributed by atoms with Crippen LogP contribution in [-0.4, -0.2) is 22.1 Å². The van der Waals surface area contributed by atoms with E-state index in [9.17, 15) is 10.4 Å². The Balaban J connectivity index is 1.46. The summed E-state index contributed by atoms with van der Waals surface area (Å²) in [5.41, 5.74) is 0.308. The van der Waals surface area contributed by atoms with Gasteiger partial charge < -0.3 is 5.11 Å². The molecule has 3 heteroatoms. The highest BCUT2D eigenvalue weighted by Gasteiger charge is 2.60. The van der Waals surface area contributed by atoms with Gasteiger partial charge in [0.2, 0.25) is 0 Å². The van der Waals surface area contributed by atoms with Crippen LogP contribution in [0.2, 0.25) is 0 Å². The van der Waals surface area contributed by atoms with Crippen LogP contribution in [0.4, 0.5) is 0 Å². The number of aliphatic hydroxyl groups excluding tert-OH is 1. The summed E-state index contributed by atoms with van der Waals surface area (Å²) in [5.74, 6) is 5.02. The molecule has 0 saturated heterocycles. The van der Waals surface area contributed by atoms with Crippen molar-refractivity contribution in [1.82, 2.24) is 0 Å². The monoisotopic (exact) mass is 446 g/mol. The normalized spacial score (nSPS) is 46.6. The van der Waals surface area contributed by atoms with Gasteiger partial charge in [0.25, 0.3) is 0 Å². The molecule has 0 aliphatic heterocycles. The van der Waals surface area contributed by atoms with Crippen molar-refractivity contribution in [2.24, 2.45) is 52.3 Å². The van der Waals surface area contributed by atoms with Crippen LogP contribution < -0.4 is 0 Å². The van der Waals surface area contributed by atoms with Crippen LogP contribution in [0.15, 0.2) is 12.7 Å². The Labute approximate surface area is 197 Å². The van der Waals surface area contributed by atoms with Crippen molar-refractivity contribution in [2.75, 3.05) is 0 Å². The maximum atomic E-state index is 10.3. The van der Waals surface area contributed by atoms with Gasteiger partial charge in [-0.3, -0.25) is 5.26 Å². The van der Waals surface area contributed by atoms with Crippen LogP contribution in [0.25, 0.3) is 0 Å². The van der Waals surface area contributed by atoms with Crippen molar-refractivity contribution >= 4 is 0 Å². The van der Waals surface area contributed by atoms with E-state index in [4.69, 9.17) is 4.89 Å². The summed E-state index contributed by atoms with van der Waals surface area (Å²) < 4.78 is 0. The Morgan fingerprint density at radius 1 is 1.00 bits per heavy atom. The largest absolute Gasteiger partial charge is 0.393 e. The van der Waals surface area contributed by atoms with E-state index in [0.29, 0.717) is 16.7 Å². The molecule has 4 fully saturated rings. The van der Waals surface area contributed by atoms with Crippen LogP contribution in [0, 0.1) is 52.3 Å². The molecule has 2 N–H and O–H groups in total. The predicted molar refractivity (Wildman–Crippen MR) is 131 cm³/mol. The lowest BCUT2D eigenvalue weighted by atomic mass is 9.44. The van der Waals surface area contributed by atoms with Gasteiger partial charge in [0, 0.05) is 0 Å². The van der Waals surface area contributed by atoms with Gasteiger partial charge in [0.05, 0.1) is 6.10 Å². The quantitative estimate of drug-likeness (QED) is 0.242. The molecule has 32 heavy (non-hydrogen) atoms. The molecule has 184 valence electrons. The van der Waals surface area contributed by atoms with E-state index in [0.717, 1.165) is 55.3 Å². The van der Waals surface area contributed by atoms with E-state index < -0.39 is 5.60 Å². The third-order valence-corrected chi connectivity index (χ3v) is 11.9. The molecule has 3 nitrogen and oxygen atoms in total. The lowest BCUT2D eigenvalue weighted by Gasteiger charge is -2.61. The van der Waals surface area contributed by atoms with E-state index in [-0.39, 0.29) is 12.0 Å². The topological polar surface area (TPSA) is 49.7 Å². The fourth-order valence-corrected chi connectivity index (χ4v) is 9.68. The molecule has 4 aliphatic carbocycles. The van der Waals surface area contributed by atoms with E-state index in [1.807, 2.05) is 6.08 Å². The molecule has 0 amide bonds. The number of fused-ring (bicyclic) bond motifs is 5. The Morgan fingerprint density at radius 3 is 2.34 bits per heavy atom. The minimum absolute atomic E-state index is 0.0494. The van der Waals surface area contributed by atoms with Crippen molar-refractivity contribution < 1.29 is 15.3 Å². The van der Waals surface area contributed by atoms with Gasteiger partial charge in [0.15, 0.2) is 0 Å². The molecule has 2 unspecified atom stereocenters. The van der Waals surface area contributed by atoms with Crippen molar-refractivity contribution in [3.05, 3.63) is 12.7 Å². The molecule has 0 heterocycles. The van der Waals surface area contributed by atoms with Crippen molar-refractivity contribution in [3.63, 3.8) is 0 Å². The maximum absolute atomic E-state index is 10.3. The third kappa shape index (κ3) is 3.83. The molecular formula is C29H50O3. The lowest BCUT2D eigenvalue weighted by Crippen LogP contribution is -2.54. The van der Waals surface area contributed by atoms with Crippen molar-refractivity contribution in [3.8, 4) is 0 Å². The average molecular weight is 447 g/mol. The van der Waals surface area contributed by atoms with E-state index in [1.165, 1.54) is 44.9 Å². The molecule has 0 radical (unpaired) electrons. The first-order chi connectivity index (χ1) is 15.1. The fourth-order valence-electron chi connectivity index (χ4n) is 9.68. The van der Waals surface area contributed by atoms with Gasteiger partial charge >= 0.3 is 0 Å². The second-order valence-corrected chi connectivity index (χ2v) is 13.2. The standard InChI is InChI=1S/C29H50O3/c1-7-29(32-31,19(2)3)17-12-20(4)24-10-11-25-23-9-8-21-18-22(30)13-15-27(21,5)26(23)14-16-28(24,25)6/h7,19-26,30-31H,1,8-18H2,2-6H3/t20-,21?,22+,23+,24-,25+,26+,27+,28-,29?/m1/s1.